The number of aromatic nitrogens is 3. The van der Waals surface area contributed by atoms with E-state index in [4.69, 9.17) is 20.9 Å². The van der Waals surface area contributed by atoms with Crippen molar-refractivity contribution in [1.29, 1.82) is 0 Å². The van der Waals surface area contributed by atoms with Gasteiger partial charge in [-0.2, -0.15) is 5.10 Å². The molecule has 1 saturated heterocycles. The summed E-state index contributed by atoms with van der Waals surface area (Å²) in [5.74, 6) is 0. The van der Waals surface area contributed by atoms with Gasteiger partial charge in [0.05, 0.1) is 29.7 Å². The fourth-order valence-electron chi connectivity index (χ4n) is 2.34. The highest BCUT2D eigenvalue weighted by molar-refractivity contribution is 6.55. The monoisotopic (exact) mass is 335 g/mol. The molecule has 3 heterocycles. The molecule has 0 spiro atoms. The molecule has 3 rings (SSSR count). The Balaban J connectivity index is 1.97. The molecule has 0 bridgehead atoms. The highest BCUT2D eigenvalue weighted by Gasteiger charge is 2.52. The molecule has 6 nitrogen and oxygen atoms in total. The van der Waals surface area contributed by atoms with Crippen molar-refractivity contribution in [2.24, 2.45) is 0 Å². The first-order chi connectivity index (χ1) is 10.7. The van der Waals surface area contributed by atoms with E-state index >= 15 is 0 Å². The van der Waals surface area contributed by atoms with Gasteiger partial charge in [-0.15, -0.1) is 0 Å². The summed E-state index contributed by atoms with van der Waals surface area (Å²) in [4.78, 5) is 4.26. The number of hydrogen-bond donors (Lipinski definition) is 1. The maximum Gasteiger partial charge on any atom is 0.492 e. The van der Waals surface area contributed by atoms with Gasteiger partial charge in [0.15, 0.2) is 5.65 Å². The Bertz CT molecular complexity index is 756. The number of imidazole rings is 1. The Hall–Kier alpha value is -1.41. The molecule has 1 fully saturated rings. The van der Waals surface area contributed by atoms with Crippen LogP contribution >= 0.6 is 11.6 Å². The fourth-order valence-corrected chi connectivity index (χ4v) is 2.48. The van der Waals surface area contributed by atoms with E-state index in [0.29, 0.717) is 22.0 Å². The van der Waals surface area contributed by atoms with Crippen LogP contribution in [0, 0.1) is 0 Å². The lowest BCUT2D eigenvalue weighted by molar-refractivity contribution is 0.00578. The van der Waals surface area contributed by atoms with Crippen molar-refractivity contribution < 1.29 is 14.4 Å². The van der Waals surface area contributed by atoms with Gasteiger partial charge in [0.2, 0.25) is 0 Å². The molecule has 2 aromatic heterocycles. The van der Waals surface area contributed by atoms with Gasteiger partial charge in [0, 0.05) is 0 Å². The molecule has 8 heteroatoms. The van der Waals surface area contributed by atoms with Gasteiger partial charge in [-0.05, 0) is 51.4 Å². The molecule has 122 valence electrons. The first-order valence-electron chi connectivity index (χ1n) is 7.41. The third-order valence-corrected chi connectivity index (χ3v) is 4.63. The molecule has 0 atom stereocenters. The third kappa shape index (κ3) is 2.90. The van der Waals surface area contributed by atoms with E-state index < -0.39 is 18.3 Å². The van der Waals surface area contributed by atoms with Crippen LogP contribution < -0.4 is 0 Å². The Morgan fingerprint density at radius 3 is 2.57 bits per heavy atom. The third-order valence-electron chi connectivity index (χ3n) is 4.43. The summed E-state index contributed by atoms with van der Waals surface area (Å²) in [5.41, 5.74) is 1.04. The molecular formula is C15H19BClN3O3. The Morgan fingerprint density at radius 2 is 1.96 bits per heavy atom. The van der Waals surface area contributed by atoms with Crippen molar-refractivity contribution >= 4 is 30.4 Å². The van der Waals surface area contributed by atoms with E-state index in [1.54, 1.807) is 28.9 Å². The van der Waals surface area contributed by atoms with Crippen LogP contribution in [0.4, 0.5) is 0 Å². The highest BCUT2D eigenvalue weighted by atomic mass is 35.5. The summed E-state index contributed by atoms with van der Waals surface area (Å²) in [6.07, 6.45) is 3.44. The standard InChI is InChI=1S/C15H19BClN3O3/c1-14(2)15(3,4)23-16(22-14)10(9-21)7-11-8-18-13-6-5-12(17)19-20(11)13/h5-8,21H,9H2,1-4H3. The van der Waals surface area contributed by atoms with Crippen LogP contribution in [-0.4, -0.2) is 44.6 Å². The number of aliphatic hydroxyl groups is 1. The van der Waals surface area contributed by atoms with Crippen molar-refractivity contribution in [2.45, 2.75) is 38.9 Å². The number of nitrogens with zero attached hydrogens (tertiary/aromatic N) is 3. The maximum absolute atomic E-state index is 9.75. The van der Waals surface area contributed by atoms with Gasteiger partial charge in [-0.3, -0.25) is 0 Å². The Kier molecular flexibility index (Phi) is 4.00. The molecule has 0 radical (unpaired) electrons. The van der Waals surface area contributed by atoms with Gasteiger partial charge >= 0.3 is 7.12 Å². The molecule has 0 saturated carbocycles. The average molecular weight is 336 g/mol. The van der Waals surface area contributed by atoms with E-state index in [2.05, 4.69) is 10.1 Å². The SMILES string of the molecule is CC1(C)OB(C(=Cc2cnc3ccc(Cl)nn23)CO)OC1(C)C. The number of aliphatic hydroxyl groups excluding tert-OH is 1. The minimum Gasteiger partial charge on any atom is -0.400 e. The Morgan fingerprint density at radius 1 is 1.30 bits per heavy atom. The molecular weight excluding hydrogens is 316 g/mol. The first-order valence-corrected chi connectivity index (χ1v) is 7.78. The van der Waals surface area contributed by atoms with Gasteiger partial charge in [0.1, 0.15) is 5.15 Å². The normalized spacial score (nSPS) is 20.4. The zero-order valence-electron chi connectivity index (χ0n) is 13.6. The molecule has 1 aliphatic rings. The summed E-state index contributed by atoms with van der Waals surface area (Å²) >= 11 is 5.94. The number of fused-ring (bicyclic) bond motifs is 1. The van der Waals surface area contributed by atoms with Gasteiger partial charge in [-0.1, -0.05) is 11.6 Å². The lowest BCUT2D eigenvalue weighted by atomic mass is 9.78. The lowest BCUT2D eigenvalue weighted by Crippen LogP contribution is -2.41. The van der Waals surface area contributed by atoms with E-state index in [0.717, 1.165) is 0 Å². The maximum atomic E-state index is 9.75. The quantitative estimate of drug-likeness (QED) is 0.872. The summed E-state index contributed by atoms with van der Waals surface area (Å²) in [6.45, 7) is 7.69. The number of halogens is 1. The van der Waals surface area contributed by atoms with Crippen molar-refractivity contribution in [3.63, 3.8) is 0 Å². The minimum atomic E-state index is -0.616. The van der Waals surface area contributed by atoms with Crippen LogP contribution in [0.2, 0.25) is 5.15 Å². The van der Waals surface area contributed by atoms with Crippen LogP contribution in [0.1, 0.15) is 33.4 Å². The average Bonchev–Trinajstić information content (AvgIpc) is 2.94. The van der Waals surface area contributed by atoms with Crippen LogP contribution in [0.3, 0.4) is 0 Å². The molecule has 23 heavy (non-hydrogen) atoms. The second kappa shape index (κ2) is 5.59. The predicted octanol–water partition coefficient (Wildman–Crippen LogP) is 2.39. The largest absolute Gasteiger partial charge is 0.492 e. The van der Waals surface area contributed by atoms with E-state index in [1.807, 2.05) is 27.7 Å². The van der Waals surface area contributed by atoms with E-state index in [-0.39, 0.29) is 6.61 Å². The molecule has 2 aromatic rings. The van der Waals surface area contributed by atoms with E-state index in [1.165, 1.54) is 0 Å². The summed E-state index contributed by atoms with van der Waals surface area (Å²) in [6, 6.07) is 3.46. The minimum absolute atomic E-state index is 0.190. The van der Waals surface area contributed by atoms with Crippen molar-refractivity contribution in [1.82, 2.24) is 14.6 Å². The second-order valence-electron chi connectivity index (χ2n) is 6.57. The molecule has 0 unspecified atom stereocenters. The van der Waals surface area contributed by atoms with Gasteiger partial charge in [0.25, 0.3) is 0 Å². The van der Waals surface area contributed by atoms with Gasteiger partial charge < -0.3 is 14.4 Å². The lowest BCUT2D eigenvalue weighted by Gasteiger charge is -2.32. The van der Waals surface area contributed by atoms with E-state index in [9.17, 15) is 5.11 Å². The molecule has 1 aliphatic heterocycles. The van der Waals surface area contributed by atoms with Crippen LogP contribution in [-0.2, 0) is 9.31 Å². The first kappa shape index (κ1) is 16.5. The zero-order chi connectivity index (χ0) is 16.8. The zero-order valence-corrected chi connectivity index (χ0v) is 14.3. The Labute approximate surface area is 140 Å². The smallest absolute Gasteiger partial charge is 0.400 e. The molecule has 0 aliphatic carbocycles. The second-order valence-corrected chi connectivity index (χ2v) is 6.96. The summed E-state index contributed by atoms with van der Waals surface area (Å²) < 4.78 is 13.6. The molecule has 0 amide bonds. The molecule has 0 aromatic carbocycles. The van der Waals surface area contributed by atoms with Crippen molar-refractivity contribution in [3.05, 3.63) is 34.6 Å². The summed E-state index contributed by atoms with van der Waals surface area (Å²) in [7, 11) is -0.616. The van der Waals surface area contributed by atoms with Gasteiger partial charge in [-0.25, -0.2) is 9.50 Å². The van der Waals surface area contributed by atoms with Crippen molar-refractivity contribution in [3.8, 4) is 0 Å². The highest BCUT2D eigenvalue weighted by Crippen LogP contribution is 2.38. The number of hydrogen-bond acceptors (Lipinski definition) is 5. The van der Waals surface area contributed by atoms with Crippen molar-refractivity contribution in [2.75, 3.05) is 6.61 Å². The van der Waals surface area contributed by atoms with Crippen LogP contribution in [0.5, 0.6) is 0 Å². The van der Waals surface area contributed by atoms with Crippen LogP contribution in [0.25, 0.3) is 11.7 Å². The molecule has 1 N–H and O–H groups in total. The topological polar surface area (TPSA) is 68.9 Å². The van der Waals surface area contributed by atoms with Crippen LogP contribution in [0.15, 0.2) is 23.8 Å². The fraction of sp³-hybridized carbons (Fsp3) is 0.467. The number of rotatable bonds is 3. The summed E-state index contributed by atoms with van der Waals surface area (Å²) in [5, 5.41) is 14.3. The predicted molar refractivity (Wildman–Crippen MR) is 89.1 cm³/mol.